The minimum Gasteiger partial charge on any atom is -0.493 e. The number of hydrogen-bond donors (Lipinski definition) is 1. The van der Waals surface area contributed by atoms with E-state index in [1.807, 2.05) is 12.1 Å². The molecule has 0 spiro atoms. The first-order valence-corrected chi connectivity index (χ1v) is 7.29. The van der Waals surface area contributed by atoms with E-state index in [2.05, 4.69) is 19.3 Å². The zero-order valence-electron chi connectivity index (χ0n) is 12.8. The van der Waals surface area contributed by atoms with Crippen LogP contribution in [0.1, 0.15) is 34.6 Å². The average molecular weight is 298 g/mol. The van der Waals surface area contributed by atoms with E-state index >= 15 is 0 Å². The van der Waals surface area contributed by atoms with Gasteiger partial charge in [-0.3, -0.25) is 9.59 Å². The lowest BCUT2D eigenvalue weighted by atomic mass is 9.94. The highest BCUT2D eigenvalue weighted by molar-refractivity contribution is 6.25. The number of benzene rings is 2. The number of hydrazine groups is 1. The molecule has 2 aromatic rings. The van der Waals surface area contributed by atoms with Gasteiger partial charge in [0, 0.05) is 17.8 Å². The number of imide groups is 1. The van der Waals surface area contributed by atoms with Crippen LogP contribution in [-0.2, 0) is 0 Å². The number of carbonyl (C=O) groups excluding carboxylic acids is 2. The van der Waals surface area contributed by atoms with Crippen molar-refractivity contribution >= 4 is 22.6 Å². The molecule has 114 valence electrons. The van der Waals surface area contributed by atoms with Crippen LogP contribution in [-0.4, -0.2) is 30.5 Å². The molecule has 1 aliphatic rings. The van der Waals surface area contributed by atoms with Crippen molar-refractivity contribution in [3.63, 3.8) is 0 Å². The monoisotopic (exact) mass is 298 g/mol. The molecule has 1 aliphatic heterocycles. The Balaban J connectivity index is 2.20. The standard InChI is InChI=1S/C17H18N2O3/c1-10(2)9-22-14-8-7-13-15-11(14)5-4-6-12(15)16(20)19(18-3)17(13)21/h4-8,10,18H,9H2,1-3H3. The minimum absolute atomic E-state index is 0.341. The highest BCUT2D eigenvalue weighted by Gasteiger charge is 2.32. The first-order valence-electron chi connectivity index (χ1n) is 7.29. The summed E-state index contributed by atoms with van der Waals surface area (Å²) in [7, 11) is 1.56. The number of rotatable bonds is 4. The Morgan fingerprint density at radius 2 is 1.77 bits per heavy atom. The Morgan fingerprint density at radius 1 is 1.09 bits per heavy atom. The van der Waals surface area contributed by atoms with Gasteiger partial charge in [0.1, 0.15) is 5.75 Å². The zero-order chi connectivity index (χ0) is 15.9. The SMILES string of the molecule is CNN1C(=O)c2cccc3c(OCC(C)C)ccc(c23)C1=O. The molecule has 0 saturated carbocycles. The number of ether oxygens (including phenoxy) is 1. The van der Waals surface area contributed by atoms with Crippen molar-refractivity contribution in [1.29, 1.82) is 0 Å². The van der Waals surface area contributed by atoms with Gasteiger partial charge in [0.25, 0.3) is 11.8 Å². The summed E-state index contributed by atoms with van der Waals surface area (Å²) in [5.74, 6) is 0.417. The predicted octanol–water partition coefficient (Wildman–Crippen LogP) is 2.61. The number of hydrogen-bond acceptors (Lipinski definition) is 4. The summed E-state index contributed by atoms with van der Waals surface area (Å²) in [6, 6.07) is 8.95. The fourth-order valence-corrected chi connectivity index (χ4v) is 2.65. The zero-order valence-corrected chi connectivity index (χ0v) is 12.8. The maximum absolute atomic E-state index is 12.4. The first kappa shape index (κ1) is 14.5. The lowest BCUT2D eigenvalue weighted by molar-refractivity contribution is 0.0540. The van der Waals surface area contributed by atoms with Crippen molar-refractivity contribution in [3.05, 3.63) is 41.5 Å². The van der Waals surface area contributed by atoms with Crippen LogP contribution in [0.2, 0.25) is 0 Å². The van der Waals surface area contributed by atoms with E-state index in [1.165, 1.54) is 0 Å². The third-order valence-electron chi connectivity index (χ3n) is 3.66. The van der Waals surface area contributed by atoms with Gasteiger partial charge < -0.3 is 4.74 Å². The molecule has 0 bridgehead atoms. The van der Waals surface area contributed by atoms with Crippen molar-refractivity contribution in [1.82, 2.24) is 10.4 Å². The normalized spacial score (nSPS) is 14.1. The maximum atomic E-state index is 12.4. The van der Waals surface area contributed by atoms with E-state index in [4.69, 9.17) is 4.74 Å². The van der Waals surface area contributed by atoms with Gasteiger partial charge in [-0.15, -0.1) is 0 Å². The summed E-state index contributed by atoms with van der Waals surface area (Å²) in [6.07, 6.45) is 0. The van der Waals surface area contributed by atoms with E-state index < -0.39 is 0 Å². The molecule has 0 unspecified atom stereocenters. The summed E-state index contributed by atoms with van der Waals surface area (Å²) in [5, 5.41) is 2.50. The maximum Gasteiger partial charge on any atom is 0.275 e. The Morgan fingerprint density at radius 3 is 2.41 bits per heavy atom. The van der Waals surface area contributed by atoms with Gasteiger partial charge in [-0.25, -0.2) is 10.4 Å². The number of nitrogens with zero attached hydrogens (tertiary/aromatic N) is 1. The molecule has 0 radical (unpaired) electrons. The second-order valence-corrected chi connectivity index (χ2v) is 5.71. The summed E-state index contributed by atoms with van der Waals surface area (Å²) in [6.45, 7) is 4.73. The molecule has 0 saturated heterocycles. The van der Waals surface area contributed by atoms with Crippen LogP contribution in [0.25, 0.3) is 10.8 Å². The molecule has 1 heterocycles. The Hall–Kier alpha value is -2.40. The van der Waals surface area contributed by atoms with Crippen molar-refractivity contribution in [3.8, 4) is 5.75 Å². The van der Waals surface area contributed by atoms with E-state index in [9.17, 15) is 9.59 Å². The summed E-state index contributed by atoms with van der Waals surface area (Å²) < 4.78 is 5.83. The summed E-state index contributed by atoms with van der Waals surface area (Å²) >= 11 is 0. The van der Waals surface area contributed by atoms with Gasteiger partial charge in [0.2, 0.25) is 0 Å². The molecule has 0 fully saturated rings. The molecule has 0 aromatic heterocycles. The number of carbonyl (C=O) groups is 2. The predicted molar refractivity (Wildman–Crippen MR) is 83.8 cm³/mol. The molecular formula is C17H18N2O3. The smallest absolute Gasteiger partial charge is 0.275 e. The molecule has 0 atom stereocenters. The van der Waals surface area contributed by atoms with E-state index in [-0.39, 0.29) is 11.8 Å². The third-order valence-corrected chi connectivity index (χ3v) is 3.66. The van der Waals surface area contributed by atoms with Gasteiger partial charge in [0.05, 0.1) is 17.7 Å². The average Bonchev–Trinajstić information content (AvgIpc) is 2.51. The summed E-state index contributed by atoms with van der Waals surface area (Å²) in [5.41, 5.74) is 3.67. The van der Waals surface area contributed by atoms with Gasteiger partial charge in [-0.1, -0.05) is 26.0 Å². The van der Waals surface area contributed by atoms with E-state index in [0.29, 0.717) is 34.8 Å². The molecule has 22 heavy (non-hydrogen) atoms. The quantitative estimate of drug-likeness (QED) is 0.882. The minimum atomic E-state index is -0.341. The van der Waals surface area contributed by atoms with E-state index in [1.54, 1.807) is 25.2 Å². The molecule has 5 nitrogen and oxygen atoms in total. The fraction of sp³-hybridized carbons (Fsp3) is 0.294. The molecule has 3 rings (SSSR count). The third kappa shape index (κ3) is 2.14. The van der Waals surface area contributed by atoms with E-state index in [0.717, 1.165) is 10.4 Å². The van der Waals surface area contributed by atoms with Gasteiger partial charge >= 0.3 is 0 Å². The Bertz CT molecular complexity index is 746. The Kier molecular flexibility index (Phi) is 3.58. The van der Waals surface area contributed by atoms with Crippen LogP contribution in [0.5, 0.6) is 5.75 Å². The second kappa shape index (κ2) is 5.42. The van der Waals surface area contributed by atoms with Crippen LogP contribution < -0.4 is 10.2 Å². The molecule has 1 N–H and O–H groups in total. The Labute approximate surface area is 128 Å². The fourth-order valence-electron chi connectivity index (χ4n) is 2.65. The lowest BCUT2D eigenvalue weighted by Crippen LogP contribution is -2.47. The van der Waals surface area contributed by atoms with Crippen LogP contribution in [0, 0.1) is 5.92 Å². The molecule has 0 aliphatic carbocycles. The number of nitrogens with one attached hydrogen (secondary N) is 1. The molecular weight excluding hydrogens is 280 g/mol. The van der Waals surface area contributed by atoms with Crippen LogP contribution in [0.4, 0.5) is 0 Å². The summed E-state index contributed by atoms with van der Waals surface area (Å²) in [4.78, 5) is 24.8. The van der Waals surface area contributed by atoms with Crippen molar-refractivity contribution in [2.24, 2.45) is 5.92 Å². The van der Waals surface area contributed by atoms with Gasteiger partial charge in [-0.2, -0.15) is 0 Å². The molecule has 2 aromatic carbocycles. The number of amides is 2. The van der Waals surface area contributed by atoms with Crippen molar-refractivity contribution in [2.75, 3.05) is 13.7 Å². The van der Waals surface area contributed by atoms with Crippen LogP contribution in [0.3, 0.4) is 0 Å². The van der Waals surface area contributed by atoms with Gasteiger partial charge in [-0.05, 0) is 24.1 Å². The first-order chi connectivity index (χ1) is 10.5. The van der Waals surface area contributed by atoms with Crippen molar-refractivity contribution in [2.45, 2.75) is 13.8 Å². The second-order valence-electron chi connectivity index (χ2n) is 5.71. The van der Waals surface area contributed by atoms with Crippen LogP contribution >= 0.6 is 0 Å². The molecule has 5 heteroatoms. The van der Waals surface area contributed by atoms with Crippen molar-refractivity contribution < 1.29 is 14.3 Å². The largest absolute Gasteiger partial charge is 0.493 e. The molecule has 2 amide bonds. The highest BCUT2D eigenvalue weighted by Crippen LogP contribution is 2.35. The topological polar surface area (TPSA) is 58.6 Å². The van der Waals surface area contributed by atoms with Crippen LogP contribution in [0.15, 0.2) is 30.3 Å². The van der Waals surface area contributed by atoms with Gasteiger partial charge in [0.15, 0.2) is 0 Å². The highest BCUT2D eigenvalue weighted by atomic mass is 16.5. The lowest BCUT2D eigenvalue weighted by Gasteiger charge is -2.26.